The lowest BCUT2D eigenvalue weighted by Gasteiger charge is -2.24. The number of aromatic nitrogens is 2. The van der Waals surface area contributed by atoms with Gasteiger partial charge in [-0.05, 0) is 37.7 Å². The Morgan fingerprint density at radius 1 is 1.30 bits per heavy atom. The summed E-state index contributed by atoms with van der Waals surface area (Å²) in [7, 11) is 0. The number of likely N-dealkylation sites (tertiary alicyclic amines) is 1. The standard InChI is InChI=1S/C21H30N8O4/c22-14(12-13-6-2-1-3-7-13)17-27-18(33-28-17)15(8-4-10-25-20(23)24)26-21(32)29-11-5-9-16(29)19(30)31/h1-3,6-7,14-16H,4-5,8-12,22H2,(H,26,32)(H,30,31)(H4,23,24,25)/t14-,15-,16?/m0/s1. The lowest BCUT2D eigenvalue weighted by molar-refractivity contribution is -0.141. The average Bonchev–Trinajstić information content (AvgIpc) is 3.46. The van der Waals surface area contributed by atoms with Crippen LogP contribution < -0.4 is 22.5 Å². The van der Waals surface area contributed by atoms with Gasteiger partial charge in [-0.3, -0.25) is 4.99 Å². The number of aliphatic imine (C=N–C) groups is 1. The van der Waals surface area contributed by atoms with Gasteiger partial charge in [-0.15, -0.1) is 0 Å². The van der Waals surface area contributed by atoms with E-state index in [1.54, 1.807) is 0 Å². The summed E-state index contributed by atoms with van der Waals surface area (Å²) in [6.45, 7) is 0.714. The quantitative estimate of drug-likeness (QED) is 0.193. The fraction of sp³-hybridized carbons (Fsp3) is 0.476. The van der Waals surface area contributed by atoms with Crippen LogP contribution in [0, 0.1) is 0 Å². The van der Waals surface area contributed by atoms with E-state index in [1.807, 2.05) is 30.3 Å². The maximum absolute atomic E-state index is 12.8. The number of amides is 2. The highest BCUT2D eigenvalue weighted by atomic mass is 16.5. The smallest absolute Gasteiger partial charge is 0.326 e. The van der Waals surface area contributed by atoms with Crippen molar-refractivity contribution in [3.8, 4) is 0 Å². The minimum atomic E-state index is -1.03. The predicted molar refractivity (Wildman–Crippen MR) is 120 cm³/mol. The van der Waals surface area contributed by atoms with Crippen LogP contribution in [0.1, 0.15) is 55.0 Å². The Morgan fingerprint density at radius 3 is 2.76 bits per heavy atom. The molecule has 0 bridgehead atoms. The van der Waals surface area contributed by atoms with Gasteiger partial charge in [0.25, 0.3) is 0 Å². The second-order valence-corrected chi connectivity index (χ2v) is 7.93. The lowest BCUT2D eigenvalue weighted by Crippen LogP contribution is -2.47. The molecule has 1 unspecified atom stereocenters. The SMILES string of the molecule is NC(N)=NCCC[C@H](NC(=O)N1CCCC1C(=O)O)c1nc([C@@H](N)Cc2ccccc2)no1. The molecule has 12 heteroatoms. The zero-order valence-electron chi connectivity index (χ0n) is 18.3. The third-order valence-electron chi connectivity index (χ3n) is 5.43. The van der Waals surface area contributed by atoms with Crippen molar-refractivity contribution < 1.29 is 19.2 Å². The van der Waals surface area contributed by atoms with Crippen LogP contribution in [0.3, 0.4) is 0 Å². The van der Waals surface area contributed by atoms with Gasteiger partial charge in [-0.25, -0.2) is 9.59 Å². The first kappa shape index (κ1) is 24.0. The summed E-state index contributed by atoms with van der Waals surface area (Å²) in [5.41, 5.74) is 18.0. The van der Waals surface area contributed by atoms with E-state index >= 15 is 0 Å². The molecule has 2 amide bonds. The van der Waals surface area contributed by atoms with Crippen LogP contribution in [-0.4, -0.2) is 57.2 Å². The third kappa shape index (κ3) is 6.65. The van der Waals surface area contributed by atoms with Crippen LogP contribution in [0.2, 0.25) is 0 Å². The fourth-order valence-corrected chi connectivity index (χ4v) is 3.76. The molecule has 1 aliphatic rings. The summed E-state index contributed by atoms with van der Waals surface area (Å²) in [6.07, 6.45) is 2.49. The van der Waals surface area contributed by atoms with Crippen molar-refractivity contribution in [2.45, 2.75) is 50.2 Å². The number of carboxylic acid groups (broad SMARTS) is 1. The Balaban J connectivity index is 1.71. The number of benzene rings is 1. The first-order valence-electron chi connectivity index (χ1n) is 10.8. The second kappa shape index (κ2) is 11.3. The minimum Gasteiger partial charge on any atom is -0.480 e. The monoisotopic (exact) mass is 458 g/mol. The van der Waals surface area contributed by atoms with E-state index in [0.29, 0.717) is 51.0 Å². The van der Waals surface area contributed by atoms with Crippen LogP contribution in [0.4, 0.5) is 4.79 Å². The molecule has 33 heavy (non-hydrogen) atoms. The molecule has 3 rings (SSSR count). The van der Waals surface area contributed by atoms with Crippen molar-refractivity contribution in [1.82, 2.24) is 20.4 Å². The maximum atomic E-state index is 12.8. The summed E-state index contributed by atoms with van der Waals surface area (Å²) in [5, 5.41) is 16.2. The Kier molecular flexibility index (Phi) is 8.19. The van der Waals surface area contributed by atoms with Crippen LogP contribution >= 0.6 is 0 Å². The summed E-state index contributed by atoms with van der Waals surface area (Å²) in [4.78, 5) is 34.0. The van der Waals surface area contributed by atoms with E-state index in [2.05, 4.69) is 20.4 Å². The van der Waals surface area contributed by atoms with E-state index in [-0.39, 0.29) is 11.9 Å². The van der Waals surface area contributed by atoms with Gasteiger partial charge in [0.05, 0.1) is 6.04 Å². The topological polar surface area (TPSA) is 199 Å². The van der Waals surface area contributed by atoms with Crippen LogP contribution in [0.15, 0.2) is 39.8 Å². The van der Waals surface area contributed by atoms with Gasteiger partial charge in [-0.1, -0.05) is 35.5 Å². The first-order valence-corrected chi connectivity index (χ1v) is 10.8. The van der Waals surface area contributed by atoms with Gasteiger partial charge in [0.1, 0.15) is 12.1 Å². The van der Waals surface area contributed by atoms with Crippen molar-refractivity contribution in [1.29, 1.82) is 0 Å². The largest absolute Gasteiger partial charge is 0.480 e. The highest BCUT2D eigenvalue weighted by Gasteiger charge is 2.35. The molecule has 1 fully saturated rings. The first-order chi connectivity index (χ1) is 15.8. The molecule has 0 aliphatic carbocycles. The molecule has 1 aromatic carbocycles. The highest BCUT2D eigenvalue weighted by molar-refractivity contribution is 5.83. The Hall–Kier alpha value is -3.67. The van der Waals surface area contributed by atoms with Crippen molar-refractivity contribution in [3.05, 3.63) is 47.6 Å². The van der Waals surface area contributed by atoms with E-state index in [1.165, 1.54) is 4.90 Å². The minimum absolute atomic E-state index is 0.0242. The van der Waals surface area contributed by atoms with Crippen molar-refractivity contribution >= 4 is 18.0 Å². The average molecular weight is 459 g/mol. The van der Waals surface area contributed by atoms with Crippen LogP contribution in [-0.2, 0) is 11.2 Å². The number of carbonyl (C=O) groups is 2. The van der Waals surface area contributed by atoms with Gasteiger partial charge >= 0.3 is 12.0 Å². The fourth-order valence-electron chi connectivity index (χ4n) is 3.76. The summed E-state index contributed by atoms with van der Waals surface area (Å²) >= 11 is 0. The highest BCUT2D eigenvalue weighted by Crippen LogP contribution is 2.23. The predicted octanol–water partition coefficient (Wildman–Crippen LogP) is 0.665. The zero-order valence-corrected chi connectivity index (χ0v) is 18.3. The maximum Gasteiger partial charge on any atom is 0.326 e. The molecule has 1 aliphatic heterocycles. The molecular weight excluding hydrogens is 428 g/mol. The number of nitrogens with one attached hydrogen (secondary N) is 1. The molecule has 0 radical (unpaired) electrons. The number of hydrogen-bond donors (Lipinski definition) is 5. The number of aliphatic carboxylic acids is 1. The lowest BCUT2D eigenvalue weighted by atomic mass is 10.1. The second-order valence-electron chi connectivity index (χ2n) is 7.93. The number of urea groups is 1. The van der Waals surface area contributed by atoms with Gasteiger partial charge in [-0.2, -0.15) is 4.98 Å². The normalized spacial score (nSPS) is 17.4. The van der Waals surface area contributed by atoms with Gasteiger partial charge in [0.2, 0.25) is 5.89 Å². The van der Waals surface area contributed by atoms with E-state index in [0.717, 1.165) is 5.56 Å². The number of carbonyl (C=O) groups excluding carboxylic acids is 1. The molecule has 0 spiro atoms. The molecule has 0 saturated carbocycles. The molecule has 8 N–H and O–H groups in total. The summed E-state index contributed by atoms with van der Waals surface area (Å²) in [5.74, 6) is -0.539. The molecule has 1 aromatic heterocycles. The van der Waals surface area contributed by atoms with Crippen LogP contribution in [0.25, 0.3) is 0 Å². The van der Waals surface area contributed by atoms with Gasteiger partial charge in [0.15, 0.2) is 11.8 Å². The van der Waals surface area contributed by atoms with Crippen molar-refractivity contribution in [2.75, 3.05) is 13.1 Å². The zero-order chi connectivity index (χ0) is 23.8. The molecule has 2 heterocycles. The number of hydrogen-bond acceptors (Lipinski definition) is 7. The Bertz CT molecular complexity index is 960. The molecule has 3 atom stereocenters. The van der Waals surface area contributed by atoms with Gasteiger partial charge in [0, 0.05) is 13.1 Å². The molecular formula is C21H30N8O4. The summed E-state index contributed by atoms with van der Waals surface area (Å²) in [6, 6.07) is 7.20. The Morgan fingerprint density at radius 2 is 2.06 bits per heavy atom. The number of rotatable bonds is 10. The van der Waals surface area contributed by atoms with Crippen molar-refractivity contribution in [2.24, 2.45) is 22.2 Å². The number of nitrogens with two attached hydrogens (primary N) is 3. The van der Waals surface area contributed by atoms with E-state index in [4.69, 9.17) is 21.7 Å². The number of guanidine groups is 1. The molecule has 2 aromatic rings. The summed E-state index contributed by atoms with van der Waals surface area (Å²) < 4.78 is 5.43. The molecule has 178 valence electrons. The number of nitrogens with zero attached hydrogens (tertiary/aromatic N) is 4. The molecule has 12 nitrogen and oxygen atoms in total. The third-order valence-corrected chi connectivity index (χ3v) is 5.43. The Labute approximate surface area is 191 Å². The molecule has 1 saturated heterocycles. The van der Waals surface area contributed by atoms with Gasteiger partial charge < -0.3 is 37.0 Å². The van der Waals surface area contributed by atoms with E-state index < -0.39 is 30.1 Å². The van der Waals surface area contributed by atoms with Crippen molar-refractivity contribution in [3.63, 3.8) is 0 Å². The van der Waals surface area contributed by atoms with E-state index in [9.17, 15) is 14.7 Å². The number of carboxylic acids is 1. The van der Waals surface area contributed by atoms with Crippen LogP contribution in [0.5, 0.6) is 0 Å².